The number of hydrogen-bond donors (Lipinski definition) is 1. The number of hydrogen-bond acceptors (Lipinski definition) is 5. The number of nitrogens with zero attached hydrogens (tertiary/aromatic N) is 1. The van der Waals surface area contributed by atoms with Crippen LogP contribution in [0, 0.1) is 0 Å². The van der Waals surface area contributed by atoms with E-state index in [1.165, 1.54) is 31.2 Å². The molecule has 28 heavy (non-hydrogen) atoms. The molecular formula is C18H16ClF3N2O4. The summed E-state index contributed by atoms with van der Waals surface area (Å²) in [5.41, 5.74) is 1.31. The Labute approximate surface area is 163 Å². The second-order valence-corrected chi connectivity index (χ2v) is 6.02. The lowest BCUT2D eigenvalue weighted by atomic mass is 10.3. The normalized spacial score (nSPS) is 12.2. The average molecular weight is 417 g/mol. The van der Waals surface area contributed by atoms with Gasteiger partial charge in [-0.25, -0.2) is 10.5 Å². The highest BCUT2D eigenvalue weighted by molar-refractivity contribution is 6.29. The van der Waals surface area contributed by atoms with E-state index in [-0.39, 0.29) is 17.5 Å². The van der Waals surface area contributed by atoms with E-state index in [1.54, 1.807) is 0 Å². The molecule has 10 heteroatoms. The summed E-state index contributed by atoms with van der Waals surface area (Å²) in [4.78, 5) is 20.2. The van der Waals surface area contributed by atoms with Crippen molar-refractivity contribution in [3.63, 3.8) is 0 Å². The molecule has 0 aliphatic heterocycles. The van der Waals surface area contributed by atoms with Crippen LogP contribution in [0.2, 0.25) is 0 Å². The van der Waals surface area contributed by atoms with Crippen molar-refractivity contribution in [1.82, 2.24) is 10.5 Å². The summed E-state index contributed by atoms with van der Waals surface area (Å²) in [6, 6.07) is 8.10. The number of pyridine rings is 1. The predicted octanol–water partition coefficient (Wildman–Crippen LogP) is 4.46. The van der Waals surface area contributed by atoms with Crippen molar-refractivity contribution in [3.05, 3.63) is 59.8 Å². The van der Waals surface area contributed by atoms with Crippen LogP contribution >= 0.6 is 11.6 Å². The molecule has 0 fully saturated rings. The minimum Gasteiger partial charge on any atom is -0.481 e. The number of carbonyl (C=O) groups excluding carboxylic acids is 1. The summed E-state index contributed by atoms with van der Waals surface area (Å²) in [5, 5.41) is 0.229. The molecule has 1 unspecified atom stereocenters. The van der Waals surface area contributed by atoms with Crippen LogP contribution in [0.15, 0.2) is 54.2 Å². The van der Waals surface area contributed by atoms with Gasteiger partial charge in [-0.1, -0.05) is 18.2 Å². The quantitative estimate of drug-likeness (QED) is 0.643. The van der Waals surface area contributed by atoms with E-state index in [2.05, 4.69) is 17.0 Å². The van der Waals surface area contributed by atoms with Gasteiger partial charge in [0.1, 0.15) is 18.1 Å². The molecule has 0 aliphatic rings. The molecular weight excluding hydrogens is 401 g/mol. The van der Waals surface area contributed by atoms with Crippen LogP contribution in [0.1, 0.15) is 12.5 Å². The zero-order chi connectivity index (χ0) is 20.7. The van der Waals surface area contributed by atoms with Crippen LogP contribution in [0.25, 0.3) is 0 Å². The third-order valence-corrected chi connectivity index (χ3v) is 3.30. The minimum atomic E-state index is -4.46. The van der Waals surface area contributed by atoms with Gasteiger partial charge in [0.25, 0.3) is 5.91 Å². The number of rotatable bonds is 8. The molecule has 1 aromatic heterocycles. The Bertz CT molecular complexity index is 811. The molecule has 0 radical (unpaired) electrons. The first-order valence-corrected chi connectivity index (χ1v) is 8.25. The minimum absolute atomic E-state index is 0.00689. The van der Waals surface area contributed by atoms with E-state index in [0.29, 0.717) is 17.7 Å². The van der Waals surface area contributed by atoms with Crippen molar-refractivity contribution in [2.24, 2.45) is 0 Å². The molecule has 1 N–H and O–H groups in total. The number of halogens is 4. The van der Waals surface area contributed by atoms with Crippen LogP contribution in [0.5, 0.6) is 17.4 Å². The summed E-state index contributed by atoms with van der Waals surface area (Å²) in [6.07, 6.45) is -4.63. The highest BCUT2D eigenvalue weighted by atomic mass is 35.5. The van der Waals surface area contributed by atoms with Gasteiger partial charge in [0, 0.05) is 17.3 Å². The Morgan fingerprint density at radius 3 is 2.39 bits per heavy atom. The van der Waals surface area contributed by atoms with Crippen LogP contribution in [-0.2, 0) is 15.8 Å². The SMILES string of the molecule is C=C(Cl)CONC(=O)C(C)Oc1ccc(Oc2ccc(C(F)(F)F)cn2)cc1. The van der Waals surface area contributed by atoms with Crippen molar-refractivity contribution in [2.45, 2.75) is 19.2 Å². The maximum absolute atomic E-state index is 12.5. The monoisotopic (exact) mass is 416 g/mol. The summed E-state index contributed by atoms with van der Waals surface area (Å²) >= 11 is 5.50. The lowest BCUT2D eigenvalue weighted by Gasteiger charge is -2.14. The van der Waals surface area contributed by atoms with Crippen molar-refractivity contribution in [3.8, 4) is 17.4 Å². The lowest BCUT2D eigenvalue weighted by Crippen LogP contribution is -2.36. The Morgan fingerprint density at radius 2 is 1.86 bits per heavy atom. The number of aromatic nitrogens is 1. The Balaban J connectivity index is 1.89. The molecule has 0 aliphatic carbocycles. The molecule has 6 nitrogen and oxygen atoms in total. The zero-order valence-electron chi connectivity index (χ0n) is 14.6. The number of ether oxygens (including phenoxy) is 2. The molecule has 0 bridgehead atoms. The molecule has 0 saturated carbocycles. The Kier molecular flexibility index (Phi) is 7.24. The van der Waals surface area contributed by atoms with Crippen molar-refractivity contribution >= 4 is 17.5 Å². The molecule has 1 heterocycles. The van der Waals surface area contributed by atoms with Crippen LogP contribution in [-0.4, -0.2) is 23.6 Å². The van der Waals surface area contributed by atoms with Gasteiger partial charge < -0.3 is 9.47 Å². The number of benzene rings is 1. The van der Waals surface area contributed by atoms with E-state index >= 15 is 0 Å². The van der Waals surface area contributed by atoms with Gasteiger partial charge in [0.15, 0.2) is 6.10 Å². The van der Waals surface area contributed by atoms with Crippen LogP contribution in [0.3, 0.4) is 0 Å². The zero-order valence-corrected chi connectivity index (χ0v) is 15.4. The maximum atomic E-state index is 12.5. The Morgan fingerprint density at radius 1 is 1.21 bits per heavy atom. The average Bonchev–Trinajstić information content (AvgIpc) is 2.62. The molecule has 1 atom stereocenters. The smallest absolute Gasteiger partial charge is 0.417 e. The third-order valence-electron chi connectivity index (χ3n) is 3.19. The highest BCUT2D eigenvalue weighted by Crippen LogP contribution is 2.30. The van der Waals surface area contributed by atoms with E-state index in [4.69, 9.17) is 25.9 Å². The van der Waals surface area contributed by atoms with Gasteiger partial charge in [0.2, 0.25) is 5.88 Å². The molecule has 2 aromatic rings. The van der Waals surface area contributed by atoms with Gasteiger partial charge in [-0.2, -0.15) is 13.2 Å². The first-order valence-electron chi connectivity index (χ1n) is 7.88. The van der Waals surface area contributed by atoms with Crippen LogP contribution < -0.4 is 15.0 Å². The van der Waals surface area contributed by atoms with Crippen molar-refractivity contribution in [1.29, 1.82) is 0 Å². The summed E-state index contributed by atoms with van der Waals surface area (Å²) < 4.78 is 48.4. The second kappa shape index (κ2) is 9.43. The molecule has 1 aromatic carbocycles. The van der Waals surface area contributed by atoms with Gasteiger partial charge >= 0.3 is 6.18 Å². The van der Waals surface area contributed by atoms with Gasteiger partial charge in [0.05, 0.1) is 5.56 Å². The number of hydroxylamine groups is 1. The third kappa shape index (κ3) is 6.75. The van der Waals surface area contributed by atoms with Gasteiger partial charge in [-0.15, -0.1) is 0 Å². The fraction of sp³-hybridized carbons (Fsp3) is 0.222. The number of carbonyl (C=O) groups is 1. The van der Waals surface area contributed by atoms with Crippen molar-refractivity contribution < 1.29 is 32.3 Å². The molecule has 0 spiro atoms. The first kappa shape index (κ1) is 21.5. The first-order chi connectivity index (χ1) is 13.1. The van der Waals surface area contributed by atoms with Crippen molar-refractivity contribution in [2.75, 3.05) is 6.61 Å². The number of alkyl halides is 3. The fourth-order valence-electron chi connectivity index (χ4n) is 1.84. The van der Waals surface area contributed by atoms with E-state index in [0.717, 1.165) is 12.1 Å². The molecule has 0 saturated heterocycles. The summed E-state index contributed by atoms with van der Waals surface area (Å²) in [7, 11) is 0. The predicted molar refractivity (Wildman–Crippen MR) is 94.9 cm³/mol. The maximum Gasteiger partial charge on any atom is 0.417 e. The van der Waals surface area contributed by atoms with Gasteiger partial charge in [-0.3, -0.25) is 9.63 Å². The van der Waals surface area contributed by atoms with E-state index in [9.17, 15) is 18.0 Å². The summed E-state index contributed by atoms with van der Waals surface area (Å²) in [6.45, 7) is 4.89. The molecule has 2 rings (SSSR count). The number of amides is 1. The van der Waals surface area contributed by atoms with E-state index < -0.39 is 23.8 Å². The second-order valence-electron chi connectivity index (χ2n) is 5.49. The topological polar surface area (TPSA) is 69.7 Å². The fourth-order valence-corrected chi connectivity index (χ4v) is 1.90. The standard InChI is InChI=1S/C18H16ClF3N2O4/c1-11(19)10-26-24-17(25)12(2)27-14-4-6-15(7-5-14)28-16-8-3-13(9-23-16)18(20,21)22/h3-9,12H,1,10H2,2H3,(H,24,25). The highest BCUT2D eigenvalue weighted by Gasteiger charge is 2.30. The lowest BCUT2D eigenvalue weighted by molar-refractivity contribution is -0.139. The number of nitrogens with one attached hydrogen (secondary N) is 1. The molecule has 1 amide bonds. The summed E-state index contributed by atoms with van der Waals surface area (Å²) in [5.74, 6) is 0.192. The Hall–Kier alpha value is -2.78. The van der Waals surface area contributed by atoms with E-state index in [1.807, 2.05) is 0 Å². The van der Waals surface area contributed by atoms with Gasteiger partial charge in [-0.05, 0) is 37.3 Å². The molecule has 150 valence electrons. The van der Waals surface area contributed by atoms with Crippen LogP contribution in [0.4, 0.5) is 13.2 Å². The largest absolute Gasteiger partial charge is 0.481 e.